The normalized spacial score (nSPS) is 10.5. The van der Waals surface area contributed by atoms with Crippen LogP contribution in [0, 0.1) is 6.92 Å². The largest absolute Gasteiger partial charge is 0.483 e. The van der Waals surface area contributed by atoms with Crippen LogP contribution in [-0.4, -0.2) is 32.3 Å². The number of nitrogens with one attached hydrogen (secondary N) is 2. The summed E-state index contributed by atoms with van der Waals surface area (Å²) < 4.78 is 11.0. The highest BCUT2D eigenvalue weighted by atomic mass is 16.5. The van der Waals surface area contributed by atoms with E-state index in [1.807, 2.05) is 62.4 Å². The number of para-hydroxylation sites is 1. The fourth-order valence-electron chi connectivity index (χ4n) is 2.43. The summed E-state index contributed by atoms with van der Waals surface area (Å²) in [7, 11) is 0. The minimum Gasteiger partial charge on any atom is -0.483 e. The van der Waals surface area contributed by atoms with Crippen LogP contribution in [0.15, 0.2) is 48.5 Å². The summed E-state index contributed by atoms with van der Waals surface area (Å²) in [5.74, 6) is 0.553. The maximum absolute atomic E-state index is 12.1. The third kappa shape index (κ3) is 7.25. The first kappa shape index (κ1) is 19.9. The minimum absolute atomic E-state index is 0.0186. The van der Waals surface area contributed by atoms with Crippen molar-refractivity contribution in [3.63, 3.8) is 0 Å². The van der Waals surface area contributed by atoms with Crippen molar-refractivity contribution < 1.29 is 14.3 Å². The molecular weight excluding hydrogens is 328 g/mol. The SMILES string of the molecule is CCOCCCNCc1ccccc1OCC(=O)Nc1ccc(C)cc1. The van der Waals surface area contributed by atoms with E-state index in [1.54, 1.807) is 0 Å². The van der Waals surface area contributed by atoms with E-state index in [0.29, 0.717) is 6.54 Å². The van der Waals surface area contributed by atoms with Gasteiger partial charge >= 0.3 is 0 Å². The molecule has 26 heavy (non-hydrogen) atoms. The first-order valence-electron chi connectivity index (χ1n) is 9.04. The highest BCUT2D eigenvalue weighted by Gasteiger charge is 2.07. The van der Waals surface area contributed by atoms with Crippen molar-refractivity contribution in [2.45, 2.75) is 26.8 Å². The van der Waals surface area contributed by atoms with Crippen LogP contribution in [0.5, 0.6) is 5.75 Å². The van der Waals surface area contributed by atoms with Crippen LogP contribution in [0.25, 0.3) is 0 Å². The maximum atomic E-state index is 12.1. The van der Waals surface area contributed by atoms with Crippen molar-refractivity contribution in [1.29, 1.82) is 0 Å². The maximum Gasteiger partial charge on any atom is 0.262 e. The van der Waals surface area contributed by atoms with Gasteiger partial charge in [-0.3, -0.25) is 4.79 Å². The Kier molecular flexibility index (Phi) is 8.66. The Hall–Kier alpha value is -2.37. The average Bonchev–Trinajstić information content (AvgIpc) is 2.65. The Morgan fingerprint density at radius 3 is 2.62 bits per heavy atom. The summed E-state index contributed by atoms with van der Waals surface area (Å²) in [6, 6.07) is 15.5. The molecule has 1 amide bonds. The number of carbonyl (C=O) groups is 1. The topological polar surface area (TPSA) is 59.6 Å². The number of benzene rings is 2. The number of amides is 1. The smallest absolute Gasteiger partial charge is 0.262 e. The Balaban J connectivity index is 1.77. The van der Waals surface area contributed by atoms with Crippen LogP contribution in [0.2, 0.25) is 0 Å². The van der Waals surface area contributed by atoms with Gasteiger partial charge in [-0.2, -0.15) is 0 Å². The van der Waals surface area contributed by atoms with Crippen LogP contribution in [0.4, 0.5) is 5.69 Å². The Morgan fingerprint density at radius 2 is 1.85 bits per heavy atom. The summed E-state index contributed by atoms with van der Waals surface area (Å²) in [4.78, 5) is 12.1. The summed E-state index contributed by atoms with van der Waals surface area (Å²) in [6.07, 6.45) is 0.968. The molecule has 0 heterocycles. The fraction of sp³-hybridized carbons (Fsp3) is 0.381. The third-order valence-corrected chi connectivity index (χ3v) is 3.83. The number of anilines is 1. The number of ether oxygens (including phenoxy) is 2. The van der Waals surface area contributed by atoms with Crippen LogP contribution in [-0.2, 0) is 16.1 Å². The van der Waals surface area contributed by atoms with E-state index < -0.39 is 0 Å². The van der Waals surface area contributed by atoms with Gasteiger partial charge in [0.05, 0.1) is 0 Å². The lowest BCUT2D eigenvalue weighted by molar-refractivity contribution is -0.118. The number of rotatable bonds is 11. The second-order valence-corrected chi connectivity index (χ2v) is 6.04. The van der Waals surface area contributed by atoms with Crippen molar-refractivity contribution in [3.8, 4) is 5.75 Å². The molecule has 0 aliphatic carbocycles. The summed E-state index contributed by atoms with van der Waals surface area (Å²) in [6.45, 7) is 7.08. The van der Waals surface area contributed by atoms with Gasteiger partial charge in [0.25, 0.3) is 5.91 Å². The number of aryl methyl sites for hydroxylation is 1. The van der Waals surface area contributed by atoms with Crippen LogP contribution in [0.1, 0.15) is 24.5 Å². The predicted octanol–water partition coefficient (Wildman–Crippen LogP) is 3.53. The molecule has 0 aliphatic rings. The van der Waals surface area contributed by atoms with Crippen molar-refractivity contribution >= 4 is 11.6 Å². The van der Waals surface area contributed by atoms with E-state index in [0.717, 1.165) is 48.7 Å². The summed E-state index contributed by atoms with van der Waals surface area (Å²) in [5.41, 5.74) is 2.96. The first-order valence-corrected chi connectivity index (χ1v) is 9.04. The molecule has 0 fully saturated rings. The van der Waals surface area contributed by atoms with Crippen molar-refractivity contribution in [2.75, 3.05) is 31.7 Å². The van der Waals surface area contributed by atoms with Crippen molar-refractivity contribution in [1.82, 2.24) is 5.32 Å². The van der Waals surface area contributed by atoms with Gasteiger partial charge in [-0.05, 0) is 45.0 Å². The van der Waals surface area contributed by atoms with Crippen molar-refractivity contribution in [3.05, 3.63) is 59.7 Å². The van der Waals surface area contributed by atoms with Crippen LogP contribution in [0.3, 0.4) is 0 Å². The molecule has 2 aromatic carbocycles. The number of hydrogen-bond donors (Lipinski definition) is 2. The molecule has 0 aromatic heterocycles. The Bertz CT molecular complexity index is 671. The van der Waals surface area contributed by atoms with Gasteiger partial charge in [-0.25, -0.2) is 0 Å². The van der Waals surface area contributed by atoms with E-state index in [2.05, 4.69) is 10.6 Å². The summed E-state index contributed by atoms with van der Waals surface area (Å²) >= 11 is 0. The highest BCUT2D eigenvalue weighted by molar-refractivity contribution is 5.91. The zero-order valence-corrected chi connectivity index (χ0v) is 15.6. The number of hydrogen-bond acceptors (Lipinski definition) is 4. The molecule has 2 rings (SSSR count). The quantitative estimate of drug-likeness (QED) is 0.605. The molecule has 5 nitrogen and oxygen atoms in total. The molecule has 0 atom stereocenters. The monoisotopic (exact) mass is 356 g/mol. The van der Waals surface area contributed by atoms with E-state index in [9.17, 15) is 4.79 Å². The van der Waals surface area contributed by atoms with E-state index in [1.165, 1.54) is 0 Å². The molecule has 5 heteroatoms. The fourth-order valence-corrected chi connectivity index (χ4v) is 2.43. The molecule has 0 spiro atoms. The Labute approximate surface area is 155 Å². The number of carbonyl (C=O) groups excluding carboxylic acids is 1. The van der Waals surface area contributed by atoms with E-state index in [-0.39, 0.29) is 12.5 Å². The van der Waals surface area contributed by atoms with Gasteiger partial charge in [0.15, 0.2) is 6.61 Å². The van der Waals surface area contributed by atoms with Gasteiger partial charge in [-0.1, -0.05) is 35.9 Å². The molecule has 0 saturated carbocycles. The molecule has 2 N–H and O–H groups in total. The first-order chi connectivity index (χ1) is 12.7. The molecule has 0 radical (unpaired) electrons. The van der Waals surface area contributed by atoms with Gasteiger partial charge in [0, 0.05) is 31.0 Å². The zero-order chi connectivity index (χ0) is 18.6. The zero-order valence-electron chi connectivity index (χ0n) is 15.6. The van der Waals surface area contributed by atoms with Crippen LogP contribution >= 0.6 is 0 Å². The molecular formula is C21H28N2O3. The molecule has 0 aliphatic heterocycles. The lowest BCUT2D eigenvalue weighted by Gasteiger charge is -2.12. The molecule has 0 bridgehead atoms. The standard InChI is InChI=1S/C21H28N2O3/c1-3-25-14-6-13-22-15-18-7-4-5-8-20(18)26-16-21(24)23-19-11-9-17(2)10-12-19/h4-5,7-12,22H,3,6,13-16H2,1-2H3,(H,23,24). The molecule has 0 unspecified atom stereocenters. The third-order valence-electron chi connectivity index (χ3n) is 3.83. The van der Waals surface area contributed by atoms with E-state index >= 15 is 0 Å². The highest BCUT2D eigenvalue weighted by Crippen LogP contribution is 2.18. The van der Waals surface area contributed by atoms with Crippen LogP contribution < -0.4 is 15.4 Å². The van der Waals surface area contributed by atoms with Gasteiger partial charge in [0.1, 0.15) is 5.75 Å². The predicted molar refractivity (Wildman–Crippen MR) is 105 cm³/mol. The second-order valence-electron chi connectivity index (χ2n) is 6.04. The molecule has 0 saturated heterocycles. The van der Waals surface area contributed by atoms with E-state index in [4.69, 9.17) is 9.47 Å². The summed E-state index contributed by atoms with van der Waals surface area (Å²) in [5, 5.41) is 6.21. The van der Waals surface area contributed by atoms with Gasteiger partial charge < -0.3 is 20.1 Å². The van der Waals surface area contributed by atoms with Gasteiger partial charge in [-0.15, -0.1) is 0 Å². The molecule has 2 aromatic rings. The molecule has 140 valence electrons. The lowest BCUT2D eigenvalue weighted by Crippen LogP contribution is -2.21. The lowest BCUT2D eigenvalue weighted by atomic mass is 10.2. The second kappa shape index (κ2) is 11.3. The van der Waals surface area contributed by atoms with Crippen molar-refractivity contribution in [2.24, 2.45) is 0 Å². The Morgan fingerprint density at radius 1 is 1.08 bits per heavy atom. The minimum atomic E-state index is -0.173. The average molecular weight is 356 g/mol. The van der Waals surface area contributed by atoms with Gasteiger partial charge in [0.2, 0.25) is 0 Å².